The van der Waals surface area contributed by atoms with Crippen LogP contribution in [0.4, 0.5) is 0 Å². The van der Waals surface area contributed by atoms with E-state index < -0.39 is 44.5 Å². The first-order valence-corrected chi connectivity index (χ1v) is 8.92. The molecule has 23 heavy (non-hydrogen) atoms. The molecule has 0 saturated heterocycles. The number of carbonyl (C=O) groups excluding carboxylic acids is 2. The second-order valence-corrected chi connectivity index (χ2v) is 7.06. The topological polar surface area (TPSA) is 127 Å². The summed E-state index contributed by atoms with van der Waals surface area (Å²) in [5.41, 5.74) is 0. The molecule has 1 aromatic rings. The fraction of sp³-hybridized carbons (Fsp3) is 0.286. The van der Waals surface area contributed by atoms with Crippen LogP contribution in [0, 0.1) is 3.57 Å². The third-order valence-corrected chi connectivity index (χ3v) is 5.05. The van der Waals surface area contributed by atoms with Gasteiger partial charge in [-0.25, -0.2) is 0 Å². The van der Waals surface area contributed by atoms with Crippen LogP contribution in [0.1, 0.15) is 27.7 Å². The Balaban J connectivity index is 0. The fourth-order valence-corrected chi connectivity index (χ4v) is 3.55. The van der Waals surface area contributed by atoms with Crippen molar-refractivity contribution < 1.29 is 35.5 Å². The second kappa shape index (κ2) is 13.5. The average Bonchev–Trinajstić information content (AvgIpc) is 2.36. The van der Waals surface area contributed by atoms with Crippen LogP contribution in [-0.2, 0) is 25.3 Å². The van der Waals surface area contributed by atoms with Crippen LogP contribution in [0.5, 0.6) is 0 Å². The Kier molecular flexibility index (Phi) is 13.5. The van der Waals surface area contributed by atoms with Crippen molar-refractivity contribution in [1.82, 2.24) is 0 Å². The zero-order valence-electron chi connectivity index (χ0n) is 13.1. The van der Waals surface area contributed by atoms with Gasteiger partial charge in [-0.15, -0.1) is 0 Å². The van der Waals surface area contributed by atoms with Crippen molar-refractivity contribution in [3.05, 3.63) is 33.9 Å². The first kappa shape index (κ1) is 23.1. The molecule has 130 valence electrons. The SMILES string of the molecule is CC(=O)O.CC(=O)O.CC(=O)OI(OC(C)=O)c1ccccc1. The molecule has 0 heterocycles. The Bertz CT molecular complexity index is 479. The number of rotatable bonds is 3. The molecular formula is C14H19IO8. The summed E-state index contributed by atoms with van der Waals surface area (Å²) in [5.74, 6) is -2.52. The third-order valence-electron chi connectivity index (χ3n) is 1.27. The van der Waals surface area contributed by atoms with Gasteiger partial charge in [-0.05, 0) is 0 Å². The summed E-state index contributed by atoms with van der Waals surface area (Å²) >= 11 is -2.59. The molecule has 0 atom stereocenters. The molecule has 0 bridgehead atoms. The fourth-order valence-electron chi connectivity index (χ4n) is 0.820. The minimum absolute atomic E-state index is 0.426. The minimum atomic E-state index is -2.59. The van der Waals surface area contributed by atoms with Crippen LogP contribution < -0.4 is 0 Å². The number of aliphatic carboxylic acids is 2. The van der Waals surface area contributed by atoms with Gasteiger partial charge in [0.05, 0.1) is 0 Å². The van der Waals surface area contributed by atoms with Crippen LogP contribution in [-0.4, -0.2) is 34.1 Å². The molecule has 0 aromatic heterocycles. The Labute approximate surface area is 141 Å². The number of benzene rings is 1. The van der Waals surface area contributed by atoms with E-state index in [1.807, 2.05) is 18.2 Å². The molecular weight excluding hydrogens is 423 g/mol. The number of carbonyl (C=O) groups is 4. The van der Waals surface area contributed by atoms with Gasteiger partial charge in [-0.3, -0.25) is 9.59 Å². The van der Waals surface area contributed by atoms with E-state index in [1.165, 1.54) is 13.8 Å². The molecule has 0 aliphatic rings. The molecule has 1 aromatic carbocycles. The zero-order chi connectivity index (χ0) is 18.4. The van der Waals surface area contributed by atoms with Gasteiger partial charge < -0.3 is 10.2 Å². The normalized spacial score (nSPS) is 8.96. The summed E-state index contributed by atoms with van der Waals surface area (Å²) in [4.78, 5) is 39.7. The molecule has 0 fully saturated rings. The quantitative estimate of drug-likeness (QED) is 0.684. The van der Waals surface area contributed by atoms with E-state index in [4.69, 9.17) is 25.9 Å². The molecule has 1 rings (SSSR count). The Morgan fingerprint density at radius 1 is 0.783 bits per heavy atom. The number of carboxylic acid groups (broad SMARTS) is 2. The first-order chi connectivity index (χ1) is 10.6. The van der Waals surface area contributed by atoms with Gasteiger partial charge in [0.1, 0.15) is 0 Å². The summed E-state index contributed by atoms with van der Waals surface area (Å²) in [6.45, 7) is 4.77. The Hall–Kier alpha value is -2.17. The van der Waals surface area contributed by atoms with Crippen LogP contribution in [0.25, 0.3) is 0 Å². The number of hydrogen-bond donors (Lipinski definition) is 2. The van der Waals surface area contributed by atoms with Crippen molar-refractivity contribution in [2.75, 3.05) is 0 Å². The summed E-state index contributed by atoms with van der Waals surface area (Å²) in [6, 6.07) is 9.05. The van der Waals surface area contributed by atoms with Crippen LogP contribution >= 0.6 is 20.6 Å². The summed E-state index contributed by atoms with van der Waals surface area (Å²) in [6.07, 6.45) is 0. The second-order valence-electron chi connectivity index (χ2n) is 3.69. The molecule has 0 amide bonds. The molecule has 0 saturated carbocycles. The van der Waals surface area contributed by atoms with Gasteiger partial charge in [0.2, 0.25) is 0 Å². The summed E-state index contributed by atoms with van der Waals surface area (Å²) in [5, 5.41) is 14.8. The van der Waals surface area contributed by atoms with E-state index in [-0.39, 0.29) is 0 Å². The maximum absolute atomic E-state index is 10.8. The average molecular weight is 442 g/mol. The molecule has 0 unspecified atom stereocenters. The zero-order valence-corrected chi connectivity index (χ0v) is 15.3. The van der Waals surface area contributed by atoms with Gasteiger partial charge in [0.15, 0.2) is 0 Å². The van der Waals surface area contributed by atoms with Crippen LogP contribution in [0.3, 0.4) is 0 Å². The molecule has 2 N–H and O–H groups in total. The first-order valence-electron chi connectivity index (χ1n) is 6.08. The number of halogens is 1. The molecule has 0 aliphatic carbocycles. The Morgan fingerprint density at radius 3 is 1.35 bits per heavy atom. The van der Waals surface area contributed by atoms with Crippen molar-refractivity contribution >= 4 is 44.5 Å². The summed E-state index contributed by atoms with van der Waals surface area (Å²) in [7, 11) is 0. The van der Waals surface area contributed by atoms with Crippen molar-refractivity contribution in [2.24, 2.45) is 0 Å². The van der Waals surface area contributed by atoms with Crippen LogP contribution in [0.15, 0.2) is 30.3 Å². The van der Waals surface area contributed by atoms with E-state index in [2.05, 4.69) is 0 Å². The van der Waals surface area contributed by atoms with Gasteiger partial charge in [-0.2, -0.15) is 0 Å². The monoisotopic (exact) mass is 442 g/mol. The summed E-state index contributed by atoms with van der Waals surface area (Å²) < 4.78 is 10.8. The predicted octanol–water partition coefficient (Wildman–Crippen LogP) is 2.50. The van der Waals surface area contributed by atoms with Gasteiger partial charge >= 0.3 is 96.1 Å². The van der Waals surface area contributed by atoms with Crippen molar-refractivity contribution in [1.29, 1.82) is 0 Å². The van der Waals surface area contributed by atoms with Gasteiger partial charge in [0, 0.05) is 13.8 Å². The molecule has 0 radical (unpaired) electrons. The molecule has 0 spiro atoms. The molecule has 0 aliphatic heterocycles. The van der Waals surface area contributed by atoms with E-state index in [0.717, 1.165) is 17.4 Å². The van der Waals surface area contributed by atoms with Crippen LogP contribution in [0.2, 0.25) is 0 Å². The Morgan fingerprint density at radius 2 is 1.09 bits per heavy atom. The number of carboxylic acids is 2. The van der Waals surface area contributed by atoms with Gasteiger partial charge in [0.25, 0.3) is 11.9 Å². The van der Waals surface area contributed by atoms with E-state index in [9.17, 15) is 9.59 Å². The van der Waals surface area contributed by atoms with Gasteiger partial charge in [-0.1, -0.05) is 0 Å². The predicted molar refractivity (Wildman–Crippen MR) is 89.3 cm³/mol. The van der Waals surface area contributed by atoms with E-state index in [0.29, 0.717) is 0 Å². The third kappa shape index (κ3) is 19.8. The molecule has 9 heteroatoms. The number of hydrogen-bond acceptors (Lipinski definition) is 6. The van der Waals surface area contributed by atoms with Crippen molar-refractivity contribution in [3.63, 3.8) is 0 Å². The van der Waals surface area contributed by atoms with Crippen molar-refractivity contribution in [3.8, 4) is 0 Å². The van der Waals surface area contributed by atoms with E-state index >= 15 is 0 Å². The standard InChI is InChI=1S/C10H11IO4.2C2H4O2/c1-8(12)14-11(15-9(2)13)10-6-4-3-5-7-10;2*1-2(3)4/h3-7H,1-2H3;2*1H3,(H,3,4). The van der Waals surface area contributed by atoms with Crippen molar-refractivity contribution in [2.45, 2.75) is 27.7 Å². The van der Waals surface area contributed by atoms with E-state index in [1.54, 1.807) is 12.1 Å². The maximum atomic E-state index is 10.8. The molecule has 8 nitrogen and oxygen atoms in total.